The van der Waals surface area contributed by atoms with Gasteiger partial charge in [0.1, 0.15) is 11.5 Å². The van der Waals surface area contributed by atoms with Gasteiger partial charge < -0.3 is 14.8 Å². The molecule has 0 aliphatic carbocycles. The molecule has 0 bridgehead atoms. The molecule has 3 aromatic rings. The Morgan fingerprint density at radius 1 is 1.07 bits per heavy atom. The van der Waals surface area contributed by atoms with E-state index in [1.807, 2.05) is 69.3 Å². The molecule has 0 fully saturated rings. The lowest BCUT2D eigenvalue weighted by Crippen LogP contribution is -2.20. The predicted octanol–water partition coefficient (Wildman–Crippen LogP) is 6.24. The second-order valence-corrected chi connectivity index (χ2v) is 7.25. The van der Waals surface area contributed by atoms with Crippen molar-refractivity contribution in [3.05, 3.63) is 75.5 Å². The molecular formula is C22H26ClN3O2S. The van der Waals surface area contributed by atoms with Crippen molar-refractivity contribution in [3.63, 3.8) is 0 Å². The minimum Gasteiger partial charge on any atom is -0.494 e. The Labute approximate surface area is 181 Å². The van der Waals surface area contributed by atoms with E-state index in [0.717, 1.165) is 10.5 Å². The molecule has 3 rings (SSSR count). The van der Waals surface area contributed by atoms with Gasteiger partial charge in [-0.1, -0.05) is 49.7 Å². The van der Waals surface area contributed by atoms with Gasteiger partial charge in [0, 0.05) is 18.0 Å². The summed E-state index contributed by atoms with van der Waals surface area (Å²) in [5.41, 5.74) is 2.24. The van der Waals surface area contributed by atoms with Gasteiger partial charge in [0.2, 0.25) is 0 Å². The Balaban J connectivity index is 0.00000145. The van der Waals surface area contributed by atoms with Crippen LogP contribution in [0.15, 0.2) is 64.3 Å². The Hall–Kier alpha value is -2.57. The lowest BCUT2D eigenvalue weighted by atomic mass is 10.2. The molecule has 0 aliphatic heterocycles. The number of hydrogen-bond acceptors (Lipinski definition) is 5. The van der Waals surface area contributed by atoms with E-state index in [4.69, 9.17) is 16.3 Å². The van der Waals surface area contributed by atoms with E-state index in [1.165, 1.54) is 29.7 Å². The van der Waals surface area contributed by atoms with Gasteiger partial charge in [0.25, 0.3) is 5.56 Å². The maximum absolute atomic E-state index is 12.4. The number of hydrogen-bond donors (Lipinski definition) is 2. The number of nitrogens with zero attached hydrogens (tertiary/aromatic N) is 1. The number of aryl methyl sites for hydroxylation is 1. The van der Waals surface area contributed by atoms with Crippen LogP contribution in [-0.4, -0.2) is 11.7 Å². The largest absolute Gasteiger partial charge is 0.494 e. The van der Waals surface area contributed by atoms with E-state index in [2.05, 4.69) is 10.0 Å². The van der Waals surface area contributed by atoms with Gasteiger partial charge in [0.15, 0.2) is 5.75 Å². The van der Waals surface area contributed by atoms with Crippen LogP contribution in [0.1, 0.15) is 19.4 Å². The van der Waals surface area contributed by atoms with E-state index in [0.29, 0.717) is 28.0 Å². The summed E-state index contributed by atoms with van der Waals surface area (Å²) in [6.45, 7) is 5.97. The summed E-state index contributed by atoms with van der Waals surface area (Å²) in [5, 5.41) is 3.84. The number of anilines is 3. The van der Waals surface area contributed by atoms with Crippen LogP contribution in [0.4, 0.5) is 17.2 Å². The minimum atomic E-state index is -0.187. The van der Waals surface area contributed by atoms with Crippen LogP contribution in [0.2, 0.25) is 5.02 Å². The second-order valence-electron chi connectivity index (χ2n) is 5.96. The van der Waals surface area contributed by atoms with E-state index >= 15 is 0 Å². The predicted molar refractivity (Wildman–Crippen MR) is 125 cm³/mol. The SMILES string of the molecule is CC.COc1cc(=O)n(C)c(Nc2ccc(C)cc2Cl)c1NSc1ccccc1. The lowest BCUT2D eigenvalue weighted by molar-refractivity contribution is 0.415. The van der Waals surface area contributed by atoms with Gasteiger partial charge in [-0.3, -0.25) is 9.36 Å². The van der Waals surface area contributed by atoms with Gasteiger partial charge >= 0.3 is 0 Å². The molecule has 0 saturated carbocycles. The van der Waals surface area contributed by atoms with Crippen molar-refractivity contribution < 1.29 is 4.74 Å². The zero-order valence-electron chi connectivity index (χ0n) is 17.2. The summed E-state index contributed by atoms with van der Waals surface area (Å²) < 4.78 is 10.3. The summed E-state index contributed by atoms with van der Waals surface area (Å²) in [5.74, 6) is 1.01. The van der Waals surface area contributed by atoms with Crippen LogP contribution in [0.3, 0.4) is 0 Å². The summed E-state index contributed by atoms with van der Waals surface area (Å²) in [7, 11) is 3.24. The van der Waals surface area contributed by atoms with E-state index < -0.39 is 0 Å². The third kappa shape index (κ3) is 5.71. The molecule has 2 aromatic carbocycles. The molecule has 1 aromatic heterocycles. The topological polar surface area (TPSA) is 55.3 Å². The highest BCUT2D eigenvalue weighted by molar-refractivity contribution is 8.00. The average Bonchev–Trinajstić information content (AvgIpc) is 2.74. The van der Waals surface area contributed by atoms with E-state index in [-0.39, 0.29) is 5.56 Å². The molecule has 0 saturated heterocycles. The van der Waals surface area contributed by atoms with Crippen molar-refractivity contribution in [3.8, 4) is 5.75 Å². The van der Waals surface area contributed by atoms with Gasteiger partial charge in [-0.2, -0.15) is 0 Å². The lowest BCUT2D eigenvalue weighted by Gasteiger charge is -2.20. The van der Waals surface area contributed by atoms with Crippen molar-refractivity contribution in [1.29, 1.82) is 0 Å². The van der Waals surface area contributed by atoms with Crippen LogP contribution in [-0.2, 0) is 7.05 Å². The third-order valence-electron chi connectivity index (χ3n) is 4.02. The zero-order chi connectivity index (χ0) is 21.4. The quantitative estimate of drug-likeness (QED) is 0.452. The minimum absolute atomic E-state index is 0.187. The first-order valence-electron chi connectivity index (χ1n) is 9.28. The molecule has 0 atom stereocenters. The number of aromatic nitrogens is 1. The fourth-order valence-corrected chi connectivity index (χ4v) is 3.52. The van der Waals surface area contributed by atoms with E-state index in [9.17, 15) is 4.79 Å². The smallest absolute Gasteiger partial charge is 0.255 e. The Morgan fingerprint density at radius 2 is 1.76 bits per heavy atom. The maximum Gasteiger partial charge on any atom is 0.255 e. The van der Waals surface area contributed by atoms with Gasteiger partial charge in [-0.15, -0.1) is 0 Å². The molecule has 29 heavy (non-hydrogen) atoms. The highest BCUT2D eigenvalue weighted by Gasteiger charge is 2.16. The molecule has 154 valence electrons. The number of pyridine rings is 1. The summed E-state index contributed by atoms with van der Waals surface area (Å²) >= 11 is 7.79. The second kappa shape index (κ2) is 10.8. The molecule has 5 nitrogen and oxygen atoms in total. The first kappa shape index (κ1) is 22.7. The first-order chi connectivity index (χ1) is 14.0. The van der Waals surface area contributed by atoms with Crippen LogP contribution in [0.5, 0.6) is 5.75 Å². The van der Waals surface area contributed by atoms with Crippen LogP contribution >= 0.6 is 23.5 Å². The zero-order valence-corrected chi connectivity index (χ0v) is 18.8. The third-order valence-corrected chi connectivity index (χ3v) is 5.14. The Kier molecular flexibility index (Phi) is 8.49. The van der Waals surface area contributed by atoms with Crippen molar-refractivity contribution in [2.24, 2.45) is 7.05 Å². The summed E-state index contributed by atoms with van der Waals surface area (Å²) in [6.07, 6.45) is 0. The fraction of sp³-hybridized carbons (Fsp3) is 0.227. The van der Waals surface area contributed by atoms with Gasteiger partial charge in [-0.25, -0.2) is 0 Å². The number of halogens is 1. The number of nitrogens with one attached hydrogen (secondary N) is 2. The molecule has 2 N–H and O–H groups in total. The molecule has 0 radical (unpaired) electrons. The van der Waals surface area contributed by atoms with Crippen molar-refractivity contribution in [2.45, 2.75) is 25.7 Å². The van der Waals surface area contributed by atoms with Crippen LogP contribution in [0.25, 0.3) is 0 Å². The Morgan fingerprint density at radius 3 is 2.38 bits per heavy atom. The number of methoxy groups -OCH3 is 1. The first-order valence-corrected chi connectivity index (χ1v) is 10.5. The molecule has 1 heterocycles. The highest BCUT2D eigenvalue weighted by atomic mass is 35.5. The standard InChI is InChI=1S/C20H20ClN3O2S.C2H6/c1-13-9-10-16(15(21)11-13)22-20-19(17(26-3)12-18(25)24(20)2)23-27-14-7-5-4-6-8-14;1-2/h4-12,22-23H,1-3H3;1-2H3. The fourth-order valence-electron chi connectivity index (χ4n) is 2.53. The molecule has 0 amide bonds. The molecular weight excluding hydrogens is 406 g/mol. The summed E-state index contributed by atoms with van der Waals surface area (Å²) in [6, 6.07) is 17.0. The maximum atomic E-state index is 12.4. The van der Waals surface area contributed by atoms with E-state index in [1.54, 1.807) is 7.05 Å². The number of rotatable bonds is 6. The Bertz CT molecular complexity index is 1010. The van der Waals surface area contributed by atoms with Crippen molar-refractivity contribution in [2.75, 3.05) is 17.1 Å². The molecule has 7 heteroatoms. The summed E-state index contributed by atoms with van der Waals surface area (Å²) in [4.78, 5) is 13.4. The van der Waals surface area contributed by atoms with Crippen LogP contribution < -0.4 is 20.3 Å². The van der Waals surface area contributed by atoms with Crippen molar-refractivity contribution in [1.82, 2.24) is 4.57 Å². The molecule has 0 aliphatic rings. The number of benzene rings is 2. The van der Waals surface area contributed by atoms with Gasteiger partial charge in [-0.05, 0) is 48.7 Å². The van der Waals surface area contributed by atoms with Gasteiger partial charge in [0.05, 0.1) is 17.8 Å². The average molecular weight is 432 g/mol. The highest BCUT2D eigenvalue weighted by Crippen LogP contribution is 2.37. The monoisotopic (exact) mass is 431 g/mol. The van der Waals surface area contributed by atoms with Crippen molar-refractivity contribution >= 4 is 40.7 Å². The normalized spacial score (nSPS) is 10.0. The molecule has 0 unspecified atom stereocenters. The number of ether oxygens (including phenoxy) is 1. The molecule has 0 spiro atoms. The van der Waals surface area contributed by atoms with Crippen LogP contribution in [0, 0.1) is 6.92 Å².